The Morgan fingerprint density at radius 2 is 1.86 bits per heavy atom. The van der Waals surface area contributed by atoms with Crippen molar-refractivity contribution in [3.8, 4) is 0 Å². The molecule has 2 aromatic heterocycles. The predicted octanol–water partition coefficient (Wildman–Crippen LogP) is 2.98. The van der Waals surface area contributed by atoms with Gasteiger partial charge in [-0.3, -0.25) is 14.5 Å². The van der Waals surface area contributed by atoms with Crippen molar-refractivity contribution in [1.29, 1.82) is 0 Å². The molecule has 120 valence electrons. The van der Waals surface area contributed by atoms with Gasteiger partial charge >= 0.3 is 0 Å². The van der Waals surface area contributed by atoms with Gasteiger partial charge < -0.3 is 0 Å². The second kappa shape index (κ2) is 7.40. The number of rotatable bonds is 6. The predicted molar refractivity (Wildman–Crippen MR) is 92.1 cm³/mol. The van der Waals surface area contributed by atoms with E-state index in [2.05, 4.69) is 57.1 Å². The maximum Gasteiger partial charge on any atom is 0.0638 e. The molecule has 2 aromatic rings. The van der Waals surface area contributed by atoms with E-state index in [1.807, 2.05) is 11.3 Å². The summed E-state index contributed by atoms with van der Waals surface area (Å²) in [5.41, 5.74) is 2.58. The molecule has 1 aliphatic heterocycles. The van der Waals surface area contributed by atoms with Crippen molar-refractivity contribution in [2.45, 2.75) is 39.9 Å². The zero-order chi connectivity index (χ0) is 15.4. The third-order valence-corrected chi connectivity index (χ3v) is 5.18. The van der Waals surface area contributed by atoms with E-state index >= 15 is 0 Å². The number of nitrogens with zero attached hydrogens (tertiary/aromatic N) is 4. The topological polar surface area (TPSA) is 24.3 Å². The second-order valence-corrected chi connectivity index (χ2v) is 7.17. The van der Waals surface area contributed by atoms with Crippen LogP contribution in [0.15, 0.2) is 23.7 Å². The van der Waals surface area contributed by atoms with E-state index in [4.69, 9.17) is 0 Å². The van der Waals surface area contributed by atoms with Crippen LogP contribution in [0.5, 0.6) is 0 Å². The van der Waals surface area contributed by atoms with E-state index in [1.54, 1.807) is 0 Å². The van der Waals surface area contributed by atoms with Crippen LogP contribution in [0.2, 0.25) is 0 Å². The van der Waals surface area contributed by atoms with Crippen molar-refractivity contribution in [2.24, 2.45) is 0 Å². The van der Waals surface area contributed by atoms with Crippen molar-refractivity contribution in [1.82, 2.24) is 19.6 Å². The summed E-state index contributed by atoms with van der Waals surface area (Å²) in [4.78, 5) is 6.60. The first-order chi connectivity index (χ1) is 10.7. The summed E-state index contributed by atoms with van der Waals surface area (Å²) in [7, 11) is 0. The average molecular weight is 318 g/mol. The Balaban J connectivity index is 1.49. The molecule has 0 aromatic carbocycles. The zero-order valence-corrected chi connectivity index (χ0v) is 14.5. The van der Waals surface area contributed by atoms with Gasteiger partial charge in [-0.1, -0.05) is 13.0 Å². The summed E-state index contributed by atoms with van der Waals surface area (Å²) in [6.07, 6.45) is 3.37. The van der Waals surface area contributed by atoms with Crippen LogP contribution >= 0.6 is 11.3 Å². The lowest BCUT2D eigenvalue weighted by Crippen LogP contribution is -2.45. The summed E-state index contributed by atoms with van der Waals surface area (Å²) in [5.74, 6) is 0. The smallest absolute Gasteiger partial charge is 0.0638 e. The molecule has 3 heterocycles. The highest BCUT2D eigenvalue weighted by Gasteiger charge is 2.18. The Morgan fingerprint density at radius 3 is 2.50 bits per heavy atom. The average Bonchev–Trinajstić information content (AvgIpc) is 3.12. The van der Waals surface area contributed by atoms with E-state index in [1.165, 1.54) is 29.2 Å². The standard InChI is InChI=1S/C17H26N4S/c1-3-6-21-13-16(15(2)18-21)12-19-7-9-20(10-8-19)14-17-5-4-11-22-17/h4-5,11,13H,3,6-10,12,14H2,1-2H3. The van der Waals surface area contributed by atoms with Gasteiger partial charge in [-0.05, 0) is 24.8 Å². The molecule has 3 rings (SSSR count). The second-order valence-electron chi connectivity index (χ2n) is 6.13. The van der Waals surface area contributed by atoms with Crippen molar-refractivity contribution in [2.75, 3.05) is 26.2 Å². The molecular weight excluding hydrogens is 292 g/mol. The lowest BCUT2D eigenvalue weighted by Gasteiger charge is -2.34. The van der Waals surface area contributed by atoms with E-state index < -0.39 is 0 Å². The molecule has 1 saturated heterocycles. The lowest BCUT2D eigenvalue weighted by molar-refractivity contribution is 0.122. The summed E-state index contributed by atoms with van der Waals surface area (Å²) in [6, 6.07) is 4.38. The molecule has 1 fully saturated rings. The first-order valence-corrected chi connectivity index (χ1v) is 9.12. The largest absolute Gasteiger partial charge is 0.296 e. The fraction of sp³-hybridized carbons (Fsp3) is 0.588. The maximum atomic E-state index is 4.61. The molecule has 0 aliphatic carbocycles. The van der Waals surface area contributed by atoms with Gasteiger partial charge in [-0.2, -0.15) is 5.10 Å². The number of hydrogen-bond donors (Lipinski definition) is 0. The molecule has 0 atom stereocenters. The molecule has 1 aliphatic rings. The van der Waals surface area contributed by atoms with Gasteiger partial charge in [0.25, 0.3) is 0 Å². The fourth-order valence-corrected chi connectivity index (χ4v) is 3.77. The van der Waals surface area contributed by atoms with Crippen LogP contribution in [0.3, 0.4) is 0 Å². The van der Waals surface area contributed by atoms with Gasteiger partial charge in [-0.25, -0.2) is 0 Å². The van der Waals surface area contributed by atoms with Crippen molar-refractivity contribution in [3.63, 3.8) is 0 Å². The van der Waals surface area contributed by atoms with Crippen LogP contribution in [-0.4, -0.2) is 45.8 Å². The van der Waals surface area contributed by atoms with Crippen LogP contribution in [0.1, 0.15) is 29.5 Å². The van der Waals surface area contributed by atoms with Gasteiger partial charge in [0.2, 0.25) is 0 Å². The van der Waals surface area contributed by atoms with Gasteiger partial charge in [-0.15, -0.1) is 11.3 Å². The zero-order valence-electron chi connectivity index (χ0n) is 13.7. The van der Waals surface area contributed by atoms with E-state index in [0.717, 1.165) is 39.1 Å². The van der Waals surface area contributed by atoms with Gasteiger partial charge in [0, 0.05) is 62.5 Å². The number of hydrogen-bond acceptors (Lipinski definition) is 4. The quantitative estimate of drug-likeness (QED) is 0.818. The fourth-order valence-electron chi connectivity index (χ4n) is 3.03. The van der Waals surface area contributed by atoms with Crippen molar-refractivity contribution in [3.05, 3.63) is 39.8 Å². The molecule has 0 bridgehead atoms. The van der Waals surface area contributed by atoms with Crippen molar-refractivity contribution >= 4 is 11.3 Å². The normalized spacial score (nSPS) is 17.2. The molecule has 0 N–H and O–H groups in total. The van der Waals surface area contributed by atoms with E-state index in [-0.39, 0.29) is 0 Å². The Kier molecular flexibility index (Phi) is 5.28. The summed E-state index contributed by atoms with van der Waals surface area (Å²) in [5, 5.41) is 6.78. The molecule has 0 spiro atoms. The van der Waals surface area contributed by atoms with Crippen LogP contribution in [0, 0.1) is 6.92 Å². The Morgan fingerprint density at radius 1 is 1.14 bits per heavy atom. The Bertz CT molecular complexity index is 568. The molecule has 22 heavy (non-hydrogen) atoms. The number of thiophene rings is 1. The minimum absolute atomic E-state index is 1.02. The molecule has 0 amide bonds. The highest BCUT2D eigenvalue weighted by molar-refractivity contribution is 7.09. The van der Waals surface area contributed by atoms with Crippen LogP contribution < -0.4 is 0 Å². The first-order valence-electron chi connectivity index (χ1n) is 8.24. The summed E-state index contributed by atoms with van der Waals surface area (Å²) >= 11 is 1.86. The van der Waals surface area contributed by atoms with Crippen LogP contribution in [0.4, 0.5) is 0 Å². The van der Waals surface area contributed by atoms with Gasteiger partial charge in [0.05, 0.1) is 5.69 Å². The van der Waals surface area contributed by atoms with E-state index in [0.29, 0.717) is 0 Å². The van der Waals surface area contributed by atoms with Crippen LogP contribution in [0.25, 0.3) is 0 Å². The SMILES string of the molecule is CCCn1cc(CN2CCN(Cc3cccs3)CC2)c(C)n1. The molecule has 0 saturated carbocycles. The molecular formula is C17H26N4S. The Labute approximate surface area is 137 Å². The molecule has 0 unspecified atom stereocenters. The third kappa shape index (κ3) is 3.97. The molecule has 0 radical (unpaired) electrons. The van der Waals surface area contributed by atoms with Gasteiger partial charge in [0.15, 0.2) is 0 Å². The number of piperazine rings is 1. The lowest BCUT2D eigenvalue weighted by atomic mass is 10.2. The molecule has 4 nitrogen and oxygen atoms in total. The van der Waals surface area contributed by atoms with E-state index in [9.17, 15) is 0 Å². The molecule has 5 heteroatoms. The highest BCUT2D eigenvalue weighted by atomic mass is 32.1. The third-order valence-electron chi connectivity index (χ3n) is 4.32. The highest BCUT2D eigenvalue weighted by Crippen LogP contribution is 2.15. The van der Waals surface area contributed by atoms with Gasteiger partial charge in [0.1, 0.15) is 0 Å². The first kappa shape index (κ1) is 15.7. The van der Waals surface area contributed by atoms with Crippen LogP contribution in [-0.2, 0) is 19.6 Å². The van der Waals surface area contributed by atoms with Crippen molar-refractivity contribution < 1.29 is 0 Å². The number of aryl methyl sites for hydroxylation is 2. The minimum Gasteiger partial charge on any atom is -0.296 e. The number of aromatic nitrogens is 2. The summed E-state index contributed by atoms with van der Waals surface area (Å²) in [6.45, 7) is 12.2. The minimum atomic E-state index is 1.02. The Hall–Kier alpha value is -1.17. The summed E-state index contributed by atoms with van der Waals surface area (Å²) < 4.78 is 2.09. The maximum absolute atomic E-state index is 4.61. The monoisotopic (exact) mass is 318 g/mol.